The maximum atomic E-state index is 12.5. The highest BCUT2D eigenvalue weighted by Crippen LogP contribution is 2.30. The van der Waals surface area contributed by atoms with E-state index < -0.39 is 12.1 Å². The molecule has 0 aliphatic heterocycles. The highest BCUT2D eigenvalue weighted by molar-refractivity contribution is 6.36. The van der Waals surface area contributed by atoms with Crippen LogP contribution in [0.3, 0.4) is 0 Å². The molecule has 174 valence electrons. The van der Waals surface area contributed by atoms with Crippen molar-refractivity contribution < 1.29 is 23.5 Å². The Bertz CT molecular complexity index is 1330. The van der Waals surface area contributed by atoms with Crippen molar-refractivity contribution in [3.63, 3.8) is 0 Å². The lowest BCUT2D eigenvalue weighted by Crippen LogP contribution is -2.22. The first-order valence-electron chi connectivity index (χ1n) is 10.5. The molecule has 8 nitrogen and oxygen atoms in total. The molecule has 0 radical (unpaired) electrons. The highest BCUT2D eigenvalue weighted by atomic mass is 35.5. The van der Waals surface area contributed by atoms with Crippen LogP contribution in [0.5, 0.6) is 0 Å². The van der Waals surface area contributed by atoms with Crippen molar-refractivity contribution in [3.8, 4) is 0 Å². The monoisotopic (exact) mass is 479 g/mol. The normalized spacial score (nSPS) is 11.1. The van der Waals surface area contributed by atoms with Crippen molar-refractivity contribution in [2.45, 2.75) is 13.2 Å². The Morgan fingerprint density at radius 3 is 2.79 bits per heavy atom. The molecule has 0 saturated carbocycles. The van der Waals surface area contributed by atoms with E-state index in [1.165, 1.54) is 19.4 Å². The van der Waals surface area contributed by atoms with Gasteiger partial charge in [0.1, 0.15) is 12.9 Å². The van der Waals surface area contributed by atoms with Crippen LogP contribution in [-0.4, -0.2) is 35.3 Å². The van der Waals surface area contributed by atoms with Crippen molar-refractivity contribution >= 4 is 40.6 Å². The Hall–Kier alpha value is -4.04. The van der Waals surface area contributed by atoms with Gasteiger partial charge < -0.3 is 23.8 Å². The first kappa shape index (κ1) is 23.1. The predicted molar refractivity (Wildman–Crippen MR) is 128 cm³/mol. The molecule has 9 heteroatoms. The summed E-state index contributed by atoms with van der Waals surface area (Å²) in [6.07, 6.45) is 5.70. The number of fused-ring (bicyclic) bond motifs is 1. The van der Waals surface area contributed by atoms with Gasteiger partial charge in [-0.25, -0.2) is 14.6 Å². The number of alkyl carbamates (subject to hydrolysis) is 1. The number of hydrogen-bond acceptors (Lipinski definition) is 6. The van der Waals surface area contributed by atoms with Crippen LogP contribution in [0.4, 0.5) is 4.79 Å². The summed E-state index contributed by atoms with van der Waals surface area (Å²) < 4.78 is 17.3. The molecule has 2 heterocycles. The first-order valence-corrected chi connectivity index (χ1v) is 10.8. The van der Waals surface area contributed by atoms with Gasteiger partial charge in [0.2, 0.25) is 5.89 Å². The molecule has 2 aromatic carbocycles. The molecule has 0 aliphatic rings. The van der Waals surface area contributed by atoms with E-state index in [1.54, 1.807) is 6.08 Å². The van der Waals surface area contributed by atoms with Gasteiger partial charge in [0.25, 0.3) is 0 Å². The van der Waals surface area contributed by atoms with E-state index >= 15 is 0 Å². The maximum absolute atomic E-state index is 12.5. The summed E-state index contributed by atoms with van der Waals surface area (Å²) >= 11 is 6.54. The zero-order valence-electron chi connectivity index (χ0n) is 18.4. The molecule has 0 aliphatic carbocycles. The van der Waals surface area contributed by atoms with Crippen molar-refractivity contribution in [2.75, 3.05) is 13.7 Å². The largest absolute Gasteiger partial charge is 0.456 e. The standard InChI is InChI=1S/C25H22ClN3O5/c1-32-25(31)27-12-6-11-22-28-20(16-33-22)24(30)34-15-18-9-5-10-21-23(18)19(26)14-29(21)13-17-7-3-2-4-8-17/h2-11,14,16H,12-13,15H2,1H3,(H,27,31)/b11-6-. The third-order valence-electron chi connectivity index (χ3n) is 5.04. The number of esters is 1. The summed E-state index contributed by atoms with van der Waals surface area (Å²) in [6, 6.07) is 15.9. The third kappa shape index (κ3) is 5.47. The number of methoxy groups -OCH3 is 1. The van der Waals surface area contributed by atoms with Crippen molar-refractivity contribution in [3.05, 3.63) is 94.8 Å². The second-order valence-corrected chi connectivity index (χ2v) is 7.73. The number of amides is 1. The summed E-state index contributed by atoms with van der Waals surface area (Å²) in [4.78, 5) is 27.6. The second kappa shape index (κ2) is 10.7. The Labute approximate surface area is 200 Å². The van der Waals surface area contributed by atoms with Crippen LogP contribution in [0.25, 0.3) is 17.0 Å². The van der Waals surface area contributed by atoms with Crippen LogP contribution in [0, 0.1) is 0 Å². The fourth-order valence-corrected chi connectivity index (χ4v) is 3.79. The Balaban J connectivity index is 1.42. The number of benzene rings is 2. The van der Waals surface area contributed by atoms with E-state index in [-0.39, 0.29) is 24.7 Å². The summed E-state index contributed by atoms with van der Waals surface area (Å²) in [6.45, 7) is 0.938. The maximum Gasteiger partial charge on any atom is 0.407 e. The Kier molecular flexibility index (Phi) is 7.29. The number of rotatable bonds is 8. The number of halogens is 1. The van der Waals surface area contributed by atoms with Gasteiger partial charge in [-0.15, -0.1) is 0 Å². The molecule has 0 bridgehead atoms. The van der Waals surface area contributed by atoms with Crippen LogP contribution in [-0.2, 0) is 22.6 Å². The molecule has 0 spiro atoms. The van der Waals surface area contributed by atoms with Crippen LogP contribution < -0.4 is 5.32 Å². The average molecular weight is 480 g/mol. The van der Waals surface area contributed by atoms with E-state index in [4.69, 9.17) is 20.8 Å². The van der Waals surface area contributed by atoms with Gasteiger partial charge in [0.15, 0.2) is 5.69 Å². The van der Waals surface area contributed by atoms with Gasteiger partial charge in [0.05, 0.1) is 17.6 Å². The number of nitrogens with zero attached hydrogens (tertiary/aromatic N) is 2. The number of carbonyl (C=O) groups excluding carboxylic acids is 2. The summed E-state index contributed by atoms with van der Waals surface area (Å²) in [5, 5.41) is 3.92. The zero-order chi connectivity index (χ0) is 23.9. The number of oxazole rings is 1. The van der Waals surface area contributed by atoms with Crippen LogP contribution in [0.2, 0.25) is 5.02 Å². The molecule has 4 aromatic rings. The van der Waals surface area contributed by atoms with Crippen LogP contribution >= 0.6 is 11.6 Å². The fraction of sp³-hybridized carbons (Fsp3) is 0.160. The molecule has 0 fully saturated rings. The lowest BCUT2D eigenvalue weighted by Gasteiger charge is -2.08. The van der Waals surface area contributed by atoms with Crippen LogP contribution in [0.15, 0.2) is 71.5 Å². The first-order chi connectivity index (χ1) is 16.5. The Morgan fingerprint density at radius 1 is 1.18 bits per heavy atom. The zero-order valence-corrected chi connectivity index (χ0v) is 19.1. The second-order valence-electron chi connectivity index (χ2n) is 7.32. The average Bonchev–Trinajstić information content (AvgIpc) is 3.46. The van der Waals surface area contributed by atoms with E-state index in [0.717, 1.165) is 22.0 Å². The summed E-state index contributed by atoms with van der Waals surface area (Å²) in [7, 11) is 1.28. The van der Waals surface area contributed by atoms with Crippen LogP contribution in [0.1, 0.15) is 27.5 Å². The van der Waals surface area contributed by atoms with Crippen molar-refractivity contribution in [1.29, 1.82) is 0 Å². The number of ether oxygens (including phenoxy) is 2. The van der Waals surface area contributed by atoms with E-state index in [2.05, 4.69) is 31.7 Å². The molecular formula is C25H22ClN3O5. The molecular weight excluding hydrogens is 458 g/mol. The SMILES string of the molecule is COC(=O)NC/C=C\c1nc(C(=O)OCc2cccc3c2c(Cl)cn3Cc2ccccc2)co1. The summed E-state index contributed by atoms with van der Waals surface area (Å²) in [5.41, 5.74) is 2.95. The van der Waals surface area contributed by atoms with Gasteiger partial charge >= 0.3 is 12.1 Å². The van der Waals surface area contributed by atoms with E-state index in [9.17, 15) is 9.59 Å². The number of carbonyl (C=O) groups is 2. The Morgan fingerprint density at radius 2 is 2.00 bits per heavy atom. The van der Waals surface area contributed by atoms with Gasteiger partial charge in [-0.2, -0.15) is 0 Å². The number of hydrogen-bond donors (Lipinski definition) is 1. The predicted octanol–water partition coefficient (Wildman–Crippen LogP) is 5.06. The molecule has 2 aromatic heterocycles. The molecule has 34 heavy (non-hydrogen) atoms. The smallest absolute Gasteiger partial charge is 0.407 e. The third-order valence-corrected chi connectivity index (χ3v) is 5.33. The van der Waals surface area contributed by atoms with E-state index in [1.807, 2.05) is 42.6 Å². The van der Waals surface area contributed by atoms with Gasteiger partial charge in [0, 0.05) is 30.2 Å². The fourth-order valence-electron chi connectivity index (χ4n) is 3.45. The number of aromatic nitrogens is 2. The van der Waals surface area contributed by atoms with E-state index in [0.29, 0.717) is 11.6 Å². The molecule has 0 unspecified atom stereocenters. The van der Waals surface area contributed by atoms with Crippen molar-refractivity contribution in [1.82, 2.24) is 14.9 Å². The minimum absolute atomic E-state index is 0.0341. The van der Waals surface area contributed by atoms with Gasteiger partial charge in [-0.3, -0.25) is 0 Å². The molecule has 1 N–H and O–H groups in total. The molecule has 0 saturated heterocycles. The number of nitrogens with one attached hydrogen (secondary N) is 1. The minimum Gasteiger partial charge on any atom is -0.456 e. The lowest BCUT2D eigenvalue weighted by molar-refractivity contribution is 0.0467. The lowest BCUT2D eigenvalue weighted by atomic mass is 10.1. The summed E-state index contributed by atoms with van der Waals surface area (Å²) in [5.74, 6) is -0.408. The molecule has 0 atom stereocenters. The topological polar surface area (TPSA) is 95.6 Å². The highest BCUT2D eigenvalue weighted by Gasteiger charge is 2.16. The molecule has 4 rings (SSSR count). The van der Waals surface area contributed by atoms with Crippen molar-refractivity contribution in [2.24, 2.45) is 0 Å². The molecule has 1 amide bonds. The van der Waals surface area contributed by atoms with Gasteiger partial charge in [-0.1, -0.05) is 60.1 Å². The minimum atomic E-state index is -0.618. The van der Waals surface area contributed by atoms with Gasteiger partial charge in [-0.05, 0) is 17.7 Å². The quantitative estimate of drug-likeness (QED) is 0.355.